The average molecular weight is 427 g/mol. The molecule has 1 heterocycles. The molecule has 0 aliphatic carbocycles. The lowest BCUT2D eigenvalue weighted by atomic mass is 9.98. The Hall–Kier alpha value is -1.80. The maximum absolute atomic E-state index is 12.5. The quantitative estimate of drug-likeness (QED) is 0.550. The first-order valence-electron chi connectivity index (χ1n) is 10.4. The van der Waals surface area contributed by atoms with Gasteiger partial charge in [0.2, 0.25) is 10.0 Å². The summed E-state index contributed by atoms with van der Waals surface area (Å²) in [7, 11) is -1.56. The highest BCUT2D eigenvalue weighted by Crippen LogP contribution is 2.28. The van der Waals surface area contributed by atoms with Crippen LogP contribution in [0.5, 0.6) is 11.5 Å². The molecule has 0 bridgehead atoms. The van der Waals surface area contributed by atoms with Crippen LogP contribution in [0.15, 0.2) is 18.2 Å². The van der Waals surface area contributed by atoms with Gasteiger partial charge in [-0.05, 0) is 43.4 Å². The topological polar surface area (TPSA) is 84.9 Å². The molecule has 0 aromatic heterocycles. The van der Waals surface area contributed by atoms with Crippen LogP contribution in [-0.4, -0.2) is 58.2 Å². The molecule has 29 heavy (non-hydrogen) atoms. The lowest BCUT2D eigenvalue weighted by Gasteiger charge is -2.30. The number of hydrogen-bond acceptors (Lipinski definition) is 5. The molecule has 0 unspecified atom stereocenters. The van der Waals surface area contributed by atoms with Crippen molar-refractivity contribution >= 4 is 15.9 Å². The summed E-state index contributed by atoms with van der Waals surface area (Å²) in [5.41, 5.74) is 0.522. The number of amides is 1. The number of sulfonamides is 1. The standard InChI is InChI=1S/C21H34N2O5S/c1-4-5-6-7-14-28-19-9-8-18(15-20(19)27-2)21(24)22-16-17-10-12-23(13-11-17)29(3,25)26/h8-9,15,17H,4-7,10-14,16H2,1-3H3,(H,22,24). The van der Waals surface area contributed by atoms with Crippen LogP contribution >= 0.6 is 0 Å². The van der Waals surface area contributed by atoms with E-state index in [9.17, 15) is 13.2 Å². The van der Waals surface area contributed by atoms with Crippen molar-refractivity contribution in [2.75, 3.05) is 39.6 Å². The zero-order valence-corrected chi connectivity index (χ0v) is 18.6. The minimum absolute atomic E-state index is 0.164. The summed E-state index contributed by atoms with van der Waals surface area (Å²) in [6.07, 6.45) is 7.26. The number of nitrogens with zero attached hydrogens (tertiary/aromatic N) is 1. The van der Waals surface area contributed by atoms with Crippen molar-refractivity contribution in [2.45, 2.75) is 45.4 Å². The molecular formula is C21H34N2O5S. The molecule has 1 aromatic rings. The molecule has 1 aliphatic rings. The predicted molar refractivity (Wildman–Crippen MR) is 114 cm³/mol. The smallest absolute Gasteiger partial charge is 0.251 e. The Morgan fingerprint density at radius 3 is 2.52 bits per heavy atom. The molecule has 7 nitrogen and oxygen atoms in total. The van der Waals surface area contributed by atoms with Crippen molar-refractivity contribution in [1.29, 1.82) is 0 Å². The zero-order chi connectivity index (χ0) is 21.3. The molecule has 1 aromatic carbocycles. The van der Waals surface area contributed by atoms with Gasteiger partial charge in [0.1, 0.15) is 0 Å². The summed E-state index contributed by atoms with van der Waals surface area (Å²) in [6, 6.07) is 5.21. The Bertz CT molecular complexity index is 758. The lowest BCUT2D eigenvalue weighted by molar-refractivity contribution is 0.0941. The molecule has 0 spiro atoms. The van der Waals surface area contributed by atoms with Crippen LogP contribution in [0.3, 0.4) is 0 Å². The van der Waals surface area contributed by atoms with E-state index in [0.29, 0.717) is 43.3 Å². The van der Waals surface area contributed by atoms with Crippen LogP contribution in [0.2, 0.25) is 0 Å². The SMILES string of the molecule is CCCCCCOc1ccc(C(=O)NCC2CCN(S(C)(=O)=O)CC2)cc1OC. The number of methoxy groups -OCH3 is 1. The Labute approximate surface area is 174 Å². The van der Waals surface area contributed by atoms with Gasteiger partial charge in [0, 0.05) is 25.2 Å². The molecule has 0 saturated carbocycles. The molecule has 1 amide bonds. The minimum Gasteiger partial charge on any atom is -0.493 e. The van der Waals surface area contributed by atoms with Gasteiger partial charge in [-0.3, -0.25) is 4.79 Å². The lowest BCUT2D eigenvalue weighted by Crippen LogP contribution is -2.41. The van der Waals surface area contributed by atoms with Crippen LogP contribution < -0.4 is 14.8 Å². The third-order valence-corrected chi connectivity index (χ3v) is 6.58. The van der Waals surface area contributed by atoms with Gasteiger partial charge in [-0.25, -0.2) is 12.7 Å². The third kappa shape index (κ3) is 7.51. The fraction of sp³-hybridized carbons (Fsp3) is 0.667. The Morgan fingerprint density at radius 1 is 1.17 bits per heavy atom. The van der Waals surface area contributed by atoms with Crippen molar-refractivity contribution in [1.82, 2.24) is 9.62 Å². The number of unbranched alkanes of at least 4 members (excludes halogenated alkanes) is 3. The molecule has 1 aliphatic heterocycles. The number of hydrogen-bond donors (Lipinski definition) is 1. The van der Waals surface area contributed by atoms with Gasteiger partial charge in [0.25, 0.3) is 5.91 Å². The summed E-state index contributed by atoms with van der Waals surface area (Å²) in [5, 5.41) is 2.96. The Kier molecular flexibility index (Phi) is 9.23. The van der Waals surface area contributed by atoms with Crippen molar-refractivity contribution < 1.29 is 22.7 Å². The maximum atomic E-state index is 12.5. The predicted octanol–water partition coefficient (Wildman–Crippen LogP) is 3.06. The highest BCUT2D eigenvalue weighted by molar-refractivity contribution is 7.88. The molecule has 8 heteroatoms. The highest BCUT2D eigenvalue weighted by atomic mass is 32.2. The fourth-order valence-electron chi connectivity index (χ4n) is 3.42. The second kappa shape index (κ2) is 11.4. The number of ether oxygens (including phenoxy) is 2. The normalized spacial score (nSPS) is 15.8. The first kappa shape index (κ1) is 23.5. The monoisotopic (exact) mass is 426 g/mol. The van der Waals surface area contributed by atoms with E-state index >= 15 is 0 Å². The van der Waals surface area contributed by atoms with E-state index in [-0.39, 0.29) is 11.8 Å². The van der Waals surface area contributed by atoms with E-state index in [0.717, 1.165) is 25.7 Å². The summed E-state index contributed by atoms with van der Waals surface area (Å²) in [6.45, 7) is 4.36. The van der Waals surface area contributed by atoms with Crippen molar-refractivity contribution in [3.8, 4) is 11.5 Å². The maximum Gasteiger partial charge on any atom is 0.251 e. The highest BCUT2D eigenvalue weighted by Gasteiger charge is 2.25. The van der Waals surface area contributed by atoms with Crippen LogP contribution in [0.1, 0.15) is 55.8 Å². The summed E-state index contributed by atoms with van der Waals surface area (Å²) < 4.78 is 35.8. The number of nitrogens with one attached hydrogen (secondary N) is 1. The van der Waals surface area contributed by atoms with Gasteiger partial charge in [-0.2, -0.15) is 0 Å². The van der Waals surface area contributed by atoms with Crippen molar-refractivity contribution in [3.63, 3.8) is 0 Å². The molecule has 164 valence electrons. The van der Waals surface area contributed by atoms with Gasteiger partial charge in [0.05, 0.1) is 20.0 Å². The summed E-state index contributed by atoms with van der Waals surface area (Å²) in [4.78, 5) is 12.5. The molecular weight excluding hydrogens is 392 g/mol. The van der Waals surface area contributed by atoms with Gasteiger partial charge in [-0.15, -0.1) is 0 Å². The molecule has 2 rings (SSSR count). The van der Waals surface area contributed by atoms with E-state index in [1.54, 1.807) is 25.3 Å². The van der Waals surface area contributed by atoms with Gasteiger partial charge >= 0.3 is 0 Å². The summed E-state index contributed by atoms with van der Waals surface area (Å²) >= 11 is 0. The second-order valence-electron chi connectivity index (χ2n) is 7.59. The zero-order valence-electron chi connectivity index (χ0n) is 17.8. The van der Waals surface area contributed by atoms with E-state index in [1.165, 1.54) is 23.4 Å². The molecule has 1 saturated heterocycles. The number of benzene rings is 1. The summed E-state index contributed by atoms with van der Waals surface area (Å²) in [5.74, 6) is 1.32. The number of piperidine rings is 1. The Morgan fingerprint density at radius 2 is 1.90 bits per heavy atom. The molecule has 0 radical (unpaired) electrons. The molecule has 1 fully saturated rings. The van der Waals surface area contributed by atoms with E-state index in [4.69, 9.17) is 9.47 Å². The van der Waals surface area contributed by atoms with E-state index in [2.05, 4.69) is 12.2 Å². The molecule has 0 atom stereocenters. The average Bonchev–Trinajstić information content (AvgIpc) is 2.71. The third-order valence-electron chi connectivity index (χ3n) is 5.28. The van der Waals surface area contributed by atoms with Gasteiger partial charge < -0.3 is 14.8 Å². The first-order chi connectivity index (χ1) is 13.8. The van der Waals surface area contributed by atoms with Crippen molar-refractivity contribution in [2.24, 2.45) is 5.92 Å². The Balaban J connectivity index is 1.83. The number of rotatable bonds is 11. The largest absolute Gasteiger partial charge is 0.493 e. The van der Waals surface area contributed by atoms with Crippen LogP contribution in [0.4, 0.5) is 0 Å². The fourth-order valence-corrected chi connectivity index (χ4v) is 4.30. The van der Waals surface area contributed by atoms with Gasteiger partial charge in [0.15, 0.2) is 11.5 Å². The van der Waals surface area contributed by atoms with E-state index in [1.807, 2.05) is 0 Å². The minimum atomic E-state index is -3.13. The van der Waals surface area contributed by atoms with E-state index < -0.39 is 10.0 Å². The van der Waals surface area contributed by atoms with Crippen molar-refractivity contribution in [3.05, 3.63) is 23.8 Å². The second-order valence-corrected chi connectivity index (χ2v) is 9.57. The van der Waals surface area contributed by atoms with Crippen LogP contribution in [-0.2, 0) is 10.0 Å². The first-order valence-corrected chi connectivity index (χ1v) is 12.2. The molecule has 1 N–H and O–H groups in total. The number of carbonyl (C=O) groups excluding carboxylic acids is 1. The number of carbonyl (C=O) groups is 1. The van der Waals surface area contributed by atoms with Crippen LogP contribution in [0, 0.1) is 5.92 Å². The van der Waals surface area contributed by atoms with Gasteiger partial charge in [-0.1, -0.05) is 26.2 Å². The van der Waals surface area contributed by atoms with Crippen LogP contribution in [0.25, 0.3) is 0 Å².